The zero-order valence-electron chi connectivity index (χ0n) is 10.8. The average molecular weight is 284 g/mol. The van der Waals surface area contributed by atoms with Crippen molar-refractivity contribution in [2.75, 3.05) is 5.49 Å². The van der Waals surface area contributed by atoms with Crippen LogP contribution < -0.4 is 0 Å². The molecule has 5 nitrogen and oxygen atoms in total. The summed E-state index contributed by atoms with van der Waals surface area (Å²) < 4.78 is 46.5. The van der Waals surface area contributed by atoms with Gasteiger partial charge < -0.3 is 9.05 Å². The summed E-state index contributed by atoms with van der Waals surface area (Å²) in [6.07, 6.45) is 0.667. The lowest BCUT2D eigenvalue weighted by atomic mass is 10.5. The first-order chi connectivity index (χ1) is 7.65. The molecule has 0 aromatic heterocycles. The lowest BCUT2D eigenvalue weighted by molar-refractivity contribution is 0.145. The molecule has 0 bridgehead atoms. The van der Waals surface area contributed by atoms with Gasteiger partial charge in [-0.05, 0) is 40.5 Å². The summed E-state index contributed by atoms with van der Waals surface area (Å²) in [5.41, 5.74) is -0.499. The smallest absolute Gasteiger partial charge is 0.305 e. The minimum absolute atomic E-state index is 0.325. The highest BCUT2D eigenvalue weighted by Gasteiger charge is 2.42. The molecule has 1 saturated carbocycles. The summed E-state index contributed by atoms with van der Waals surface area (Å²) in [6, 6.07) is 0. The molecule has 0 N–H and O–H groups in total. The second-order valence-electron chi connectivity index (χ2n) is 4.91. The molecule has 0 saturated heterocycles. The molecule has 0 spiro atoms. The third-order valence-electron chi connectivity index (χ3n) is 2.11. The molecule has 0 radical (unpaired) electrons. The standard InChI is InChI=1S/C10H21O5PS/c1-8(2)14-16(11,15-9(3)4)7-17(12,13)10-5-6-10/h8-10H,5-7H2,1-4H3. The van der Waals surface area contributed by atoms with Gasteiger partial charge in [0.1, 0.15) is 0 Å². The Morgan fingerprint density at radius 3 is 1.82 bits per heavy atom. The molecule has 0 amide bonds. The molecule has 0 atom stereocenters. The maximum absolute atomic E-state index is 12.4. The lowest BCUT2D eigenvalue weighted by Gasteiger charge is -2.22. The first-order valence-electron chi connectivity index (χ1n) is 5.82. The number of rotatable bonds is 7. The molecule has 0 aliphatic heterocycles. The zero-order valence-corrected chi connectivity index (χ0v) is 12.5. The highest BCUT2D eigenvalue weighted by molar-refractivity contribution is 7.98. The van der Waals surface area contributed by atoms with Crippen LogP contribution in [0.3, 0.4) is 0 Å². The van der Waals surface area contributed by atoms with E-state index in [1.807, 2.05) is 0 Å². The Bertz CT molecular complexity index is 383. The van der Waals surface area contributed by atoms with E-state index < -0.39 is 22.9 Å². The lowest BCUT2D eigenvalue weighted by Crippen LogP contribution is -2.18. The predicted molar refractivity (Wildman–Crippen MR) is 66.9 cm³/mol. The first kappa shape index (κ1) is 15.2. The van der Waals surface area contributed by atoms with E-state index in [1.54, 1.807) is 27.7 Å². The van der Waals surface area contributed by atoms with Gasteiger partial charge in [0.2, 0.25) is 0 Å². The molecule has 0 unspecified atom stereocenters. The van der Waals surface area contributed by atoms with Crippen LogP contribution in [0.1, 0.15) is 40.5 Å². The van der Waals surface area contributed by atoms with Gasteiger partial charge in [-0.1, -0.05) is 0 Å². The van der Waals surface area contributed by atoms with Gasteiger partial charge >= 0.3 is 7.60 Å². The van der Waals surface area contributed by atoms with Crippen LogP contribution in [0.2, 0.25) is 0 Å². The summed E-state index contributed by atoms with van der Waals surface area (Å²) in [4.78, 5) is 0. The fourth-order valence-electron chi connectivity index (χ4n) is 1.48. The Balaban J connectivity index is 2.79. The van der Waals surface area contributed by atoms with E-state index in [4.69, 9.17) is 9.05 Å². The summed E-state index contributed by atoms with van der Waals surface area (Å²) in [7, 11) is -6.90. The summed E-state index contributed by atoms with van der Waals surface area (Å²) >= 11 is 0. The second-order valence-corrected chi connectivity index (χ2v) is 9.58. The van der Waals surface area contributed by atoms with Gasteiger partial charge in [0.25, 0.3) is 0 Å². The highest BCUT2D eigenvalue weighted by Crippen LogP contribution is 2.53. The van der Waals surface area contributed by atoms with Crippen molar-refractivity contribution in [1.29, 1.82) is 0 Å². The van der Waals surface area contributed by atoms with Crippen LogP contribution in [0, 0.1) is 0 Å². The molecule has 1 aliphatic carbocycles. The molecule has 0 heterocycles. The maximum Gasteiger partial charge on any atom is 0.346 e. The van der Waals surface area contributed by atoms with Crippen molar-refractivity contribution in [3.63, 3.8) is 0 Å². The zero-order chi connectivity index (χ0) is 13.3. The third-order valence-corrected chi connectivity index (χ3v) is 7.79. The van der Waals surface area contributed by atoms with Crippen LogP contribution in [0.4, 0.5) is 0 Å². The maximum atomic E-state index is 12.4. The molecule has 1 aliphatic rings. The normalized spacial score (nSPS) is 18.0. The Morgan fingerprint density at radius 2 is 1.53 bits per heavy atom. The van der Waals surface area contributed by atoms with Gasteiger partial charge in [0.15, 0.2) is 15.3 Å². The molecule has 102 valence electrons. The van der Waals surface area contributed by atoms with Crippen LogP contribution in [-0.2, 0) is 23.4 Å². The van der Waals surface area contributed by atoms with E-state index in [2.05, 4.69) is 0 Å². The third kappa shape index (κ3) is 5.08. The number of sulfone groups is 1. The Kier molecular flexibility index (Phi) is 4.81. The Morgan fingerprint density at radius 1 is 1.12 bits per heavy atom. The highest BCUT2D eigenvalue weighted by atomic mass is 32.2. The van der Waals surface area contributed by atoms with Crippen molar-refractivity contribution < 1.29 is 22.0 Å². The molecule has 7 heteroatoms. The quantitative estimate of drug-likeness (QED) is 0.672. The van der Waals surface area contributed by atoms with Crippen molar-refractivity contribution in [2.45, 2.75) is 58.0 Å². The van der Waals surface area contributed by atoms with Gasteiger partial charge in [-0.3, -0.25) is 4.57 Å². The molecular formula is C10H21O5PS. The van der Waals surface area contributed by atoms with Crippen LogP contribution in [0.15, 0.2) is 0 Å². The predicted octanol–water partition coefficient (Wildman–Crippen LogP) is 2.56. The molecule has 17 heavy (non-hydrogen) atoms. The van der Waals surface area contributed by atoms with Gasteiger partial charge in [-0.15, -0.1) is 0 Å². The van der Waals surface area contributed by atoms with E-state index in [9.17, 15) is 13.0 Å². The van der Waals surface area contributed by atoms with Crippen molar-refractivity contribution in [3.8, 4) is 0 Å². The first-order valence-corrected chi connectivity index (χ1v) is 9.26. The topological polar surface area (TPSA) is 69.7 Å². The fourth-order valence-corrected chi connectivity index (χ4v) is 6.76. The molecule has 0 aromatic rings. The molecule has 1 rings (SSSR count). The number of hydrogen-bond donors (Lipinski definition) is 0. The largest absolute Gasteiger partial charge is 0.346 e. The molecule has 1 fully saturated rings. The van der Waals surface area contributed by atoms with Crippen molar-refractivity contribution in [3.05, 3.63) is 0 Å². The van der Waals surface area contributed by atoms with Gasteiger partial charge in [0, 0.05) is 0 Å². The molecular weight excluding hydrogens is 263 g/mol. The van der Waals surface area contributed by atoms with Crippen molar-refractivity contribution >= 4 is 17.4 Å². The van der Waals surface area contributed by atoms with Gasteiger partial charge in [-0.25, -0.2) is 8.42 Å². The monoisotopic (exact) mass is 284 g/mol. The Hall–Kier alpha value is 0.100. The van der Waals surface area contributed by atoms with Gasteiger partial charge in [0.05, 0.1) is 17.5 Å². The summed E-state index contributed by atoms with van der Waals surface area (Å²) in [5.74, 6) is 0. The second kappa shape index (κ2) is 5.39. The SMILES string of the molecule is CC(C)OP(=O)(CS(=O)(=O)C1CC1)OC(C)C. The summed E-state index contributed by atoms with van der Waals surface area (Å²) in [6.45, 7) is 6.83. The van der Waals surface area contributed by atoms with Crippen molar-refractivity contribution in [1.82, 2.24) is 0 Å². The van der Waals surface area contributed by atoms with Gasteiger partial charge in [-0.2, -0.15) is 0 Å². The minimum Gasteiger partial charge on any atom is -0.305 e. The van der Waals surface area contributed by atoms with E-state index >= 15 is 0 Å². The van der Waals surface area contributed by atoms with Crippen LogP contribution in [0.25, 0.3) is 0 Å². The van der Waals surface area contributed by atoms with Crippen LogP contribution in [0.5, 0.6) is 0 Å². The average Bonchev–Trinajstić information content (AvgIpc) is 2.77. The van der Waals surface area contributed by atoms with E-state index in [-0.39, 0.29) is 17.5 Å². The van der Waals surface area contributed by atoms with E-state index in [1.165, 1.54) is 0 Å². The number of hydrogen-bond acceptors (Lipinski definition) is 5. The minimum atomic E-state index is -3.55. The summed E-state index contributed by atoms with van der Waals surface area (Å²) in [5, 5.41) is -0.345. The van der Waals surface area contributed by atoms with Crippen molar-refractivity contribution in [2.24, 2.45) is 0 Å². The van der Waals surface area contributed by atoms with E-state index in [0.717, 1.165) is 0 Å². The van der Waals surface area contributed by atoms with Crippen LogP contribution >= 0.6 is 7.60 Å². The van der Waals surface area contributed by atoms with E-state index in [0.29, 0.717) is 12.8 Å². The molecule has 0 aromatic carbocycles. The Labute approximate surface area is 103 Å². The fraction of sp³-hybridized carbons (Fsp3) is 1.00. The van der Waals surface area contributed by atoms with Crippen LogP contribution in [-0.4, -0.2) is 31.4 Å².